The minimum Gasteiger partial charge on any atom is -0.330 e. The highest BCUT2D eigenvalue weighted by Gasteiger charge is 2.44. The van der Waals surface area contributed by atoms with Crippen LogP contribution in [0.15, 0.2) is 30.3 Å². The second-order valence-corrected chi connectivity index (χ2v) is 5.78. The van der Waals surface area contributed by atoms with E-state index in [4.69, 9.17) is 5.73 Å². The van der Waals surface area contributed by atoms with E-state index < -0.39 is 0 Å². The third-order valence-electron chi connectivity index (χ3n) is 4.39. The largest absolute Gasteiger partial charge is 0.330 e. The van der Waals surface area contributed by atoms with Gasteiger partial charge in [0.15, 0.2) is 0 Å². The standard InChI is InChI=1S/C15H22N2/c16-9-8-15(6-7-15)11-17-14-10-13(14)12-4-2-1-3-5-12/h1-5,13-14,17H,6-11,16H2/t13-,14+/m0/s1. The molecule has 0 saturated heterocycles. The lowest BCUT2D eigenvalue weighted by molar-refractivity contribution is 0.428. The molecule has 0 bridgehead atoms. The van der Waals surface area contributed by atoms with Crippen molar-refractivity contribution in [3.8, 4) is 0 Å². The quantitative estimate of drug-likeness (QED) is 0.786. The van der Waals surface area contributed by atoms with E-state index in [0.717, 1.165) is 12.5 Å². The number of nitrogens with one attached hydrogen (secondary N) is 1. The van der Waals surface area contributed by atoms with Crippen LogP contribution in [0, 0.1) is 5.41 Å². The molecular weight excluding hydrogens is 208 g/mol. The second kappa shape index (κ2) is 4.43. The van der Waals surface area contributed by atoms with E-state index in [9.17, 15) is 0 Å². The molecule has 0 radical (unpaired) electrons. The molecule has 3 rings (SSSR count). The van der Waals surface area contributed by atoms with Crippen LogP contribution in [0.2, 0.25) is 0 Å². The van der Waals surface area contributed by atoms with Crippen LogP contribution in [0.5, 0.6) is 0 Å². The van der Waals surface area contributed by atoms with E-state index in [1.165, 1.54) is 37.8 Å². The first-order valence-corrected chi connectivity index (χ1v) is 6.81. The molecule has 0 aromatic heterocycles. The van der Waals surface area contributed by atoms with Gasteiger partial charge in [-0.25, -0.2) is 0 Å². The van der Waals surface area contributed by atoms with E-state index >= 15 is 0 Å². The monoisotopic (exact) mass is 230 g/mol. The fourth-order valence-electron chi connectivity index (χ4n) is 2.83. The summed E-state index contributed by atoms with van der Waals surface area (Å²) in [6, 6.07) is 11.6. The van der Waals surface area contributed by atoms with Crippen LogP contribution in [-0.4, -0.2) is 19.1 Å². The smallest absolute Gasteiger partial charge is 0.0143 e. The average Bonchev–Trinajstić information content (AvgIpc) is 3.24. The Hall–Kier alpha value is -0.860. The zero-order valence-corrected chi connectivity index (χ0v) is 10.4. The van der Waals surface area contributed by atoms with Crippen molar-refractivity contribution in [3.05, 3.63) is 35.9 Å². The van der Waals surface area contributed by atoms with Gasteiger partial charge in [0.1, 0.15) is 0 Å². The second-order valence-electron chi connectivity index (χ2n) is 5.78. The lowest BCUT2D eigenvalue weighted by atomic mass is 10.0. The van der Waals surface area contributed by atoms with Crippen LogP contribution >= 0.6 is 0 Å². The van der Waals surface area contributed by atoms with Crippen molar-refractivity contribution in [2.24, 2.45) is 11.1 Å². The first-order chi connectivity index (χ1) is 8.33. The van der Waals surface area contributed by atoms with Gasteiger partial charge in [0.25, 0.3) is 0 Å². The van der Waals surface area contributed by atoms with Gasteiger partial charge in [-0.05, 0) is 43.2 Å². The molecular formula is C15H22N2. The first-order valence-electron chi connectivity index (χ1n) is 6.81. The van der Waals surface area contributed by atoms with Crippen LogP contribution < -0.4 is 11.1 Å². The molecule has 2 nitrogen and oxygen atoms in total. The normalized spacial score (nSPS) is 29.0. The van der Waals surface area contributed by atoms with Gasteiger partial charge in [-0.2, -0.15) is 0 Å². The number of hydrogen-bond acceptors (Lipinski definition) is 2. The molecule has 3 N–H and O–H groups in total. The highest BCUT2D eigenvalue weighted by molar-refractivity contribution is 5.27. The Morgan fingerprint density at radius 2 is 2.00 bits per heavy atom. The Morgan fingerprint density at radius 1 is 1.24 bits per heavy atom. The van der Waals surface area contributed by atoms with Crippen molar-refractivity contribution in [2.45, 2.75) is 37.6 Å². The third kappa shape index (κ3) is 2.53. The van der Waals surface area contributed by atoms with E-state index in [-0.39, 0.29) is 0 Å². The summed E-state index contributed by atoms with van der Waals surface area (Å²) < 4.78 is 0. The molecule has 0 unspecified atom stereocenters. The van der Waals surface area contributed by atoms with Gasteiger partial charge in [-0.1, -0.05) is 30.3 Å². The van der Waals surface area contributed by atoms with Crippen molar-refractivity contribution in [2.75, 3.05) is 13.1 Å². The fraction of sp³-hybridized carbons (Fsp3) is 0.600. The molecule has 92 valence electrons. The van der Waals surface area contributed by atoms with Crippen molar-refractivity contribution < 1.29 is 0 Å². The summed E-state index contributed by atoms with van der Waals surface area (Å²) >= 11 is 0. The van der Waals surface area contributed by atoms with Crippen LogP contribution in [0.4, 0.5) is 0 Å². The zero-order chi connectivity index (χ0) is 11.7. The lowest BCUT2D eigenvalue weighted by Gasteiger charge is -2.14. The van der Waals surface area contributed by atoms with Gasteiger partial charge >= 0.3 is 0 Å². The summed E-state index contributed by atoms with van der Waals surface area (Å²) in [5.74, 6) is 0.755. The van der Waals surface area contributed by atoms with Crippen LogP contribution in [0.3, 0.4) is 0 Å². The van der Waals surface area contributed by atoms with Crippen LogP contribution in [0.25, 0.3) is 0 Å². The van der Waals surface area contributed by atoms with E-state index in [2.05, 4.69) is 35.6 Å². The topological polar surface area (TPSA) is 38.0 Å². The summed E-state index contributed by atoms with van der Waals surface area (Å²) in [7, 11) is 0. The minimum atomic E-state index is 0.568. The van der Waals surface area contributed by atoms with Gasteiger partial charge in [0.2, 0.25) is 0 Å². The van der Waals surface area contributed by atoms with E-state index in [0.29, 0.717) is 11.5 Å². The number of benzene rings is 1. The van der Waals surface area contributed by atoms with E-state index in [1.54, 1.807) is 0 Å². The molecule has 2 fully saturated rings. The molecule has 17 heavy (non-hydrogen) atoms. The zero-order valence-electron chi connectivity index (χ0n) is 10.4. The summed E-state index contributed by atoms with van der Waals surface area (Å²) in [6.07, 6.45) is 5.26. The Morgan fingerprint density at radius 3 is 2.65 bits per heavy atom. The Labute approximate surface area is 104 Å². The SMILES string of the molecule is NCCC1(CN[C@@H]2C[C@H]2c2ccccc2)CC1. The molecule has 0 amide bonds. The molecule has 0 aliphatic heterocycles. The first kappa shape index (κ1) is 11.2. The van der Waals surface area contributed by atoms with Crippen molar-refractivity contribution in [3.63, 3.8) is 0 Å². The predicted octanol–water partition coefficient (Wildman–Crippen LogP) is 2.26. The van der Waals surface area contributed by atoms with Crippen LogP contribution in [-0.2, 0) is 0 Å². The van der Waals surface area contributed by atoms with E-state index in [1.807, 2.05) is 0 Å². The lowest BCUT2D eigenvalue weighted by Crippen LogP contribution is -2.28. The Kier molecular flexibility index (Phi) is 2.93. The van der Waals surface area contributed by atoms with Crippen LogP contribution in [0.1, 0.15) is 37.2 Å². The Balaban J connectivity index is 1.47. The highest BCUT2D eigenvalue weighted by Crippen LogP contribution is 2.49. The summed E-state index contributed by atoms with van der Waals surface area (Å²) in [6.45, 7) is 2.02. The summed E-state index contributed by atoms with van der Waals surface area (Å²) in [5, 5.41) is 3.74. The van der Waals surface area contributed by atoms with Crippen molar-refractivity contribution in [1.82, 2.24) is 5.32 Å². The fourth-order valence-corrected chi connectivity index (χ4v) is 2.83. The van der Waals surface area contributed by atoms with Gasteiger partial charge in [0.05, 0.1) is 0 Å². The van der Waals surface area contributed by atoms with Gasteiger partial charge in [-0.15, -0.1) is 0 Å². The maximum atomic E-state index is 5.67. The molecule has 1 aromatic carbocycles. The van der Waals surface area contributed by atoms with Gasteiger partial charge in [0, 0.05) is 18.5 Å². The molecule has 2 heteroatoms. The molecule has 2 saturated carbocycles. The summed E-state index contributed by atoms with van der Waals surface area (Å²) in [5.41, 5.74) is 7.73. The predicted molar refractivity (Wildman–Crippen MR) is 70.9 cm³/mol. The third-order valence-corrected chi connectivity index (χ3v) is 4.39. The summed E-state index contributed by atoms with van der Waals surface area (Å²) in [4.78, 5) is 0. The maximum absolute atomic E-state index is 5.67. The highest BCUT2D eigenvalue weighted by atomic mass is 15.0. The number of hydrogen-bond donors (Lipinski definition) is 2. The molecule has 2 aliphatic rings. The minimum absolute atomic E-state index is 0.568. The molecule has 2 aliphatic carbocycles. The van der Waals surface area contributed by atoms with Crippen molar-refractivity contribution >= 4 is 0 Å². The number of rotatable bonds is 6. The maximum Gasteiger partial charge on any atom is 0.0143 e. The van der Waals surface area contributed by atoms with Crippen molar-refractivity contribution in [1.29, 1.82) is 0 Å². The van der Waals surface area contributed by atoms with Gasteiger partial charge in [-0.3, -0.25) is 0 Å². The molecule has 0 heterocycles. The van der Waals surface area contributed by atoms with Gasteiger partial charge < -0.3 is 11.1 Å². The molecule has 1 aromatic rings. The Bertz CT molecular complexity index is 370. The molecule has 2 atom stereocenters. The average molecular weight is 230 g/mol. The molecule has 0 spiro atoms. The number of nitrogens with two attached hydrogens (primary N) is 1.